The van der Waals surface area contributed by atoms with Gasteiger partial charge in [-0.3, -0.25) is 0 Å². The van der Waals surface area contributed by atoms with Gasteiger partial charge in [0.15, 0.2) is 5.11 Å². The van der Waals surface area contributed by atoms with E-state index in [0.717, 1.165) is 11.4 Å². The minimum atomic E-state index is 0.144. The van der Waals surface area contributed by atoms with Crippen molar-refractivity contribution in [1.29, 1.82) is 0 Å². The molecule has 0 radical (unpaired) electrons. The smallest absolute Gasteiger partial charge is 0.171 e. The molecule has 0 unspecified atom stereocenters. The van der Waals surface area contributed by atoms with E-state index in [4.69, 9.17) is 17.0 Å². The third kappa shape index (κ3) is 5.42. The van der Waals surface area contributed by atoms with Crippen molar-refractivity contribution < 1.29 is 4.74 Å². The zero-order valence-corrected chi connectivity index (χ0v) is 14.3. The number of nitrogens with one attached hydrogen (secondary N) is 2. The fourth-order valence-corrected chi connectivity index (χ4v) is 2.39. The van der Waals surface area contributed by atoms with Gasteiger partial charge in [0.2, 0.25) is 0 Å². The normalized spacial score (nSPS) is 11.4. The Hall–Kier alpha value is -2.33. The molecule has 2 aromatic carbocycles. The van der Waals surface area contributed by atoms with Crippen molar-refractivity contribution in [3.8, 4) is 5.75 Å². The van der Waals surface area contributed by atoms with Gasteiger partial charge < -0.3 is 15.4 Å². The monoisotopic (exact) mass is 326 g/mol. The molecule has 0 saturated heterocycles. The van der Waals surface area contributed by atoms with E-state index in [1.54, 1.807) is 6.08 Å². The SMILES string of the molecule is C=CCOc1ccc(NC(=S)N[C@H](C)c2ccc(C)cc2)cc1. The average Bonchev–Trinajstić information content (AvgIpc) is 2.54. The second-order valence-corrected chi connectivity index (χ2v) is 5.76. The molecule has 0 bridgehead atoms. The predicted octanol–water partition coefficient (Wildman–Crippen LogP) is 4.61. The molecule has 0 spiro atoms. The summed E-state index contributed by atoms with van der Waals surface area (Å²) in [6.07, 6.45) is 1.72. The van der Waals surface area contributed by atoms with Gasteiger partial charge in [0.25, 0.3) is 0 Å². The average molecular weight is 326 g/mol. The molecule has 0 saturated carbocycles. The quantitative estimate of drug-likeness (QED) is 0.600. The minimum absolute atomic E-state index is 0.144. The van der Waals surface area contributed by atoms with Crippen LogP contribution in [-0.2, 0) is 0 Å². The molecule has 0 aliphatic heterocycles. The van der Waals surface area contributed by atoms with Crippen LogP contribution in [0.4, 0.5) is 5.69 Å². The fourth-order valence-electron chi connectivity index (χ4n) is 2.09. The van der Waals surface area contributed by atoms with Crippen molar-refractivity contribution in [2.75, 3.05) is 11.9 Å². The lowest BCUT2D eigenvalue weighted by molar-refractivity contribution is 0.363. The summed E-state index contributed by atoms with van der Waals surface area (Å²) < 4.78 is 5.45. The number of aryl methyl sites for hydroxylation is 1. The van der Waals surface area contributed by atoms with Gasteiger partial charge >= 0.3 is 0 Å². The van der Waals surface area contributed by atoms with Gasteiger partial charge in [-0.2, -0.15) is 0 Å². The maximum Gasteiger partial charge on any atom is 0.171 e. The van der Waals surface area contributed by atoms with Crippen LogP contribution in [0.1, 0.15) is 24.1 Å². The van der Waals surface area contributed by atoms with E-state index < -0.39 is 0 Å². The van der Waals surface area contributed by atoms with E-state index >= 15 is 0 Å². The Kier molecular flexibility index (Phi) is 6.18. The number of hydrogen-bond donors (Lipinski definition) is 2. The summed E-state index contributed by atoms with van der Waals surface area (Å²) >= 11 is 5.37. The summed E-state index contributed by atoms with van der Waals surface area (Å²) in [7, 11) is 0. The maximum absolute atomic E-state index is 5.45. The summed E-state index contributed by atoms with van der Waals surface area (Å²) in [5.74, 6) is 0.808. The van der Waals surface area contributed by atoms with Crippen LogP contribution in [0, 0.1) is 6.92 Å². The Bertz CT molecular complexity index is 650. The highest BCUT2D eigenvalue weighted by atomic mass is 32.1. The predicted molar refractivity (Wildman–Crippen MR) is 101 cm³/mol. The highest BCUT2D eigenvalue weighted by Crippen LogP contribution is 2.17. The summed E-state index contributed by atoms with van der Waals surface area (Å²) in [5, 5.41) is 7.07. The van der Waals surface area contributed by atoms with Crippen molar-refractivity contribution in [3.63, 3.8) is 0 Å². The van der Waals surface area contributed by atoms with E-state index in [1.165, 1.54) is 11.1 Å². The highest BCUT2D eigenvalue weighted by molar-refractivity contribution is 7.80. The molecule has 0 aromatic heterocycles. The van der Waals surface area contributed by atoms with Crippen molar-refractivity contribution in [3.05, 3.63) is 72.3 Å². The summed E-state index contributed by atoms with van der Waals surface area (Å²) in [5.41, 5.74) is 3.37. The van der Waals surface area contributed by atoms with Gasteiger partial charge in [0, 0.05) is 5.69 Å². The molecular weight excluding hydrogens is 304 g/mol. The topological polar surface area (TPSA) is 33.3 Å². The lowest BCUT2D eigenvalue weighted by Crippen LogP contribution is -2.30. The zero-order valence-electron chi connectivity index (χ0n) is 13.5. The molecule has 2 aromatic rings. The largest absolute Gasteiger partial charge is 0.490 e. The van der Waals surface area contributed by atoms with Gasteiger partial charge in [-0.05, 0) is 55.9 Å². The van der Waals surface area contributed by atoms with E-state index in [0.29, 0.717) is 11.7 Å². The van der Waals surface area contributed by atoms with Crippen molar-refractivity contribution in [2.24, 2.45) is 0 Å². The molecule has 3 nitrogen and oxygen atoms in total. The molecule has 0 heterocycles. The third-order valence-electron chi connectivity index (χ3n) is 3.40. The zero-order chi connectivity index (χ0) is 16.7. The van der Waals surface area contributed by atoms with E-state index in [2.05, 4.69) is 55.3 Å². The van der Waals surface area contributed by atoms with E-state index in [9.17, 15) is 0 Å². The standard InChI is InChI=1S/C19H22N2OS/c1-4-13-22-18-11-9-17(10-12-18)21-19(23)20-15(3)16-7-5-14(2)6-8-16/h4-12,15H,1,13H2,2-3H3,(H2,20,21,23)/t15-/m1/s1. The first-order valence-electron chi connectivity index (χ1n) is 7.56. The molecule has 2 rings (SSSR count). The van der Waals surface area contributed by atoms with Gasteiger partial charge in [0.1, 0.15) is 12.4 Å². The van der Waals surface area contributed by atoms with Gasteiger partial charge in [-0.25, -0.2) is 0 Å². The number of thiocarbonyl (C=S) groups is 1. The molecule has 120 valence electrons. The van der Waals surface area contributed by atoms with Crippen LogP contribution in [0.3, 0.4) is 0 Å². The van der Waals surface area contributed by atoms with Crippen molar-refractivity contribution in [2.45, 2.75) is 19.9 Å². The summed E-state index contributed by atoms with van der Waals surface area (Å²) in [6.45, 7) is 8.30. The second kappa shape index (κ2) is 8.34. The van der Waals surface area contributed by atoms with Crippen molar-refractivity contribution in [1.82, 2.24) is 5.32 Å². The molecule has 23 heavy (non-hydrogen) atoms. The number of benzene rings is 2. The van der Waals surface area contributed by atoms with Crippen molar-refractivity contribution >= 4 is 23.0 Å². The van der Waals surface area contributed by atoms with Crippen LogP contribution >= 0.6 is 12.2 Å². The van der Waals surface area contributed by atoms with E-state index in [1.807, 2.05) is 24.3 Å². The Labute approximate surface area is 143 Å². The highest BCUT2D eigenvalue weighted by Gasteiger charge is 2.07. The molecule has 2 N–H and O–H groups in total. The first-order valence-corrected chi connectivity index (χ1v) is 7.97. The van der Waals surface area contributed by atoms with Crippen LogP contribution in [0.2, 0.25) is 0 Å². The number of ether oxygens (including phenoxy) is 1. The van der Waals surface area contributed by atoms with Crippen LogP contribution in [0.25, 0.3) is 0 Å². The van der Waals surface area contributed by atoms with Crippen LogP contribution in [0.15, 0.2) is 61.2 Å². The fraction of sp³-hybridized carbons (Fsp3) is 0.211. The van der Waals surface area contributed by atoms with Crippen LogP contribution in [-0.4, -0.2) is 11.7 Å². The lowest BCUT2D eigenvalue weighted by Gasteiger charge is -2.17. The molecule has 4 heteroatoms. The van der Waals surface area contributed by atoms with Crippen LogP contribution < -0.4 is 15.4 Å². The molecule has 0 aliphatic rings. The number of rotatable bonds is 6. The number of hydrogen-bond acceptors (Lipinski definition) is 2. The first-order chi connectivity index (χ1) is 11.1. The van der Waals surface area contributed by atoms with Gasteiger partial charge in [-0.1, -0.05) is 42.5 Å². The Morgan fingerprint density at radius 3 is 2.43 bits per heavy atom. The van der Waals surface area contributed by atoms with Gasteiger partial charge in [-0.15, -0.1) is 0 Å². The minimum Gasteiger partial charge on any atom is -0.490 e. The maximum atomic E-state index is 5.45. The summed E-state index contributed by atoms with van der Waals surface area (Å²) in [4.78, 5) is 0. The first kappa shape index (κ1) is 17.0. The Morgan fingerprint density at radius 1 is 1.17 bits per heavy atom. The number of anilines is 1. The lowest BCUT2D eigenvalue weighted by atomic mass is 10.1. The third-order valence-corrected chi connectivity index (χ3v) is 3.62. The van der Waals surface area contributed by atoms with Gasteiger partial charge in [0.05, 0.1) is 6.04 Å². The molecule has 0 amide bonds. The second-order valence-electron chi connectivity index (χ2n) is 5.35. The van der Waals surface area contributed by atoms with E-state index in [-0.39, 0.29) is 6.04 Å². The molecule has 0 aliphatic carbocycles. The molecular formula is C19H22N2OS. The van der Waals surface area contributed by atoms with Crippen LogP contribution in [0.5, 0.6) is 5.75 Å². The summed E-state index contributed by atoms with van der Waals surface area (Å²) in [6, 6.07) is 16.2. The molecule has 0 fully saturated rings. The Morgan fingerprint density at radius 2 is 1.83 bits per heavy atom. The Balaban J connectivity index is 1.88. The molecule has 1 atom stereocenters.